The van der Waals surface area contributed by atoms with Crippen molar-refractivity contribution >= 4 is 66.6 Å². The van der Waals surface area contributed by atoms with Gasteiger partial charge in [-0.05, 0) is 72.8 Å². The van der Waals surface area contributed by atoms with Crippen LogP contribution >= 0.6 is 0 Å². The third-order valence-electron chi connectivity index (χ3n) is 14.5. The smallest absolute Gasteiger partial charge is 0.872 e. The molecule has 0 spiro atoms. The van der Waals surface area contributed by atoms with Crippen LogP contribution in [-0.4, -0.2) is 29.9 Å². The molecule has 0 aliphatic heterocycles. The molecule has 6 aromatic heterocycles. The van der Waals surface area contributed by atoms with E-state index in [2.05, 4.69) is 29.9 Å². The van der Waals surface area contributed by atoms with Crippen LogP contribution in [0.5, 0.6) is 34.5 Å². The van der Waals surface area contributed by atoms with E-state index in [4.69, 9.17) is 26.5 Å². The Balaban J connectivity index is 0.000000119. The normalized spacial score (nSPS) is 10.5. The number of hydrogen-bond acceptors (Lipinski definition) is 18. The Morgan fingerprint density at radius 2 is 0.286 bits per heavy atom. The minimum Gasteiger partial charge on any atom is -0.872 e. The van der Waals surface area contributed by atoms with Crippen LogP contribution in [0.4, 0.5) is 0 Å². The van der Waals surface area contributed by atoms with Gasteiger partial charge >= 0.3 is 82.6 Å². The number of fused-ring (bicyclic) bond motifs is 6. The molecular weight excluding hydrogens is 1490 g/mol. The zero-order valence-electron chi connectivity index (χ0n) is 51.4. The summed E-state index contributed by atoms with van der Waals surface area (Å²) in [5, 5.41) is 69.6. The SMILES string of the molecule is [O-]c1ccccc1-c1nc2ccccc2o1.[O-]c1ccccc1-c1nc2ccccc2o1.[O-]c1ccccc1-c1nc2ccccc2o1.[O-]c1ccccc1-c1nc2ccccc2o1.[O-]c1ccccc1-c1nc2ccccc2o1.[O-]c1ccccc1-c1nc2ccccc2o1.[Pr+3].[Pr+3]. The fourth-order valence-corrected chi connectivity index (χ4v) is 9.78. The van der Waals surface area contributed by atoms with Crippen LogP contribution in [-0.2, 0) is 0 Å². The zero-order chi connectivity index (χ0) is 65.7. The maximum Gasteiger partial charge on any atom is 3.00 e. The van der Waals surface area contributed by atoms with E-state index >= 15 is 0 Å². The van der Waals surface area contributed by atoms with Crippen molar-refractivity contribution in [3.63, 3.8) is 0 Å². The molecule has 0 unspecified atom stereocenters. The van der Waals surface area contributed by atoms with Crippen molar-refractivity contribution in [3.8, 4) is 103 Å². The molecule has 0 amide bonds. The second kappa shape index (κ2) is 32.2. The molecule has 468 valence electrons. The fourth-order valence-electron chi connectivity index (χ4n) is 9.78. The standard InChI is InChI=1S/6C13H9NO2.2Pr/c6*15-11-7-3-1-5-9(11)13-14-10-6-2-4-8-12(10)16-13;;/h6*1-8,15H;;/q;;;;;;2*+3/p-6. The molecule has 0 bridgehead atoms. The van der Waals surface area contributed by atoms with E-state index in [1.807, 2.05) is 146 Å². The summed E-state index contributed by atoms with van der Waals surface area (Å²) in [5.74, 6) is 1.84. The second-order valence-corrected chi connectivity index (χ2v) is 20.9. The van der Waals surface area contributed by atoms with Gasteiger partial charge in [0.25, 0.3) is 0 Å². The molecule has 0 aliphatic rings. The summed E-state index contributed by atoms with van der Waals surface area (Å²) in [6.07, 6.45) is 0. The van der Waals surface area contributed by atoms with Gasteiger partial charge in [-0.25, -0.2) is 29.9 Å². The molecule has 12 aromatic carbocycles. The van der Waals surface area contributed by atoms with E-state index in [0.29, 0.717) is 102 Å². The van der Waals surface area contributed by atoms with Crippen molar-refractivity contribution in [1.29, 1.82) is 0 Å². The predicted molar refractivity (Wildman–Crippen MR) is 353 cm³/mol. The van der Waals surface area contributed by atoms with E-state index in [1.54, 1.807) is 109 Å². The Kier molecular flexibility index (Phi) is 22.4. The molecule has 20 heteroatoms. The average molecular weight is 1540 g/mol. The Labute approximate surface area is 624 Å². The molecule has 98 heavy (non-hydrogen) atoms. The van der Waals surface area contributed by atoms with Gasteiger partial charge < -0.3 is 57.1 Å². The summed E-state index contributed by atoms with van der Waals surface area (Å²) in [6.45, 7) is 0. The summed E-state index contributed by atoms with van der Waals surface area (Å²) in [7, 11) is 0. The Hall–Kier alpha value is -11.0. The number of oxazole rings is 6. The van der Waals surface area contributed by atoms with Crippen LogP contribution in [0.15, 0.2) is 318 Å². The molecular formula is C78H48N6O12Pr2. The van der Waals surface area contributed by atoms with Crippen LogP contribution in [0, 0.1) is 82.6 Å². The second-order valence-electron chi connectivity index (χ2n) is 20.9. The van der Waals surface area contributed by atoms with Gasteiger partial charge in [0, 0.05) is 33.4 Å². The molecule has 18 aromatic rings. The van der Waals surface area contributed by atoms with Gasteiger partial charge in [0.2, 0.25) is 35.3 Å². The minimum absolute atomic E-state index is 0. The maximum absolute atomic E-state index is 11.6. The van der Waals surface area contributed by atoms with Crippen molar-refractivity contribution in [2.45, 2.75) is 0 Å². The van der Waals surface area contributed by atoms with E-state index in [9.17, 15) is 30.6 Å². The van der Waals surface area contributed by atoms with Crippen LogP contribution in [0.25, 0.3) is 135 Å². The van der Waals surface area contributed by atoms with Crippen LogP contribution in [0.3, 0.4) is 0 Å². The van der Waals surface area contributed by atoms with Crippen molar-refractivity contribution in [2.24, 2.45) is 0 Å². The first kappa shape index (κ1) is 68.4. The summed E-state index contributed by atoms with van der Waals surface area (Å²) in [5.41, 5.74) is 11.8. The van der Waals surface area contributed by atoms with E-state index < -0.39 is 0 Å². The van der Waals surface area contributed by atoms with Crippen LogP contribution in [0.1, 0.15) is 0 Å². The summed E-state index contributed by atoms with van der Waals surface area (Å²) < 4.78 is 33.1. The van der Waals surface area contributed by atoms with Crippen LogP contribution < -0.4 is 30.6 Å². The molecule has 0 saturated heterocycles. The first-order chi connectivity index (χ1) is 47.1. The van der Waals surface area contributed by atoms with Gasteiger partial charge in [-0.15, -0.1) is 0 Å². The maximum atomic E-state index is 11.6. The van der Waals surface area contributed by atoms with Gasteiger partial charge in [-0.1, -0.05) is 253 Å². The summed E-state index contributed by atoms with van der Waals surface area (Å²) in [4.78, 5) is 25.7. The molecule has 0 atom stereocenters. The van der Waals surface area contributed by atoms with Gasteiger partial charge in [0.05, 0.1) is 0 Å². The molecule has 0 N–H and O–H groups in total. The molecule has 18 nitrogen and oxygen atoms in total. The number of aromatic nitrogens is 6. The van der Waals surface area contributed by atoms with E-state index in [0.717, 1.165) is 33.1 Å². The number of rotatable bonds is 6. The van der Waals surface area contributed by atoms with Gasteiger partial charge in [0.1, 0.15) is 33.1 Å². The van der Waals surface area contributed by atoms with Crippen molar-refractivity contribution in [3.05, 3.63) is 291 Å². The largest absolute Gasteiger partial charge is 3.00 e. The van der Waals surface area contributed by atoms with Crippen LogP contribution in [0.2, 0.25) is 0 Å². The third-order valence-corrected chi connectivity index (χ3v) is 14.5. The summed E-state index contributed by atoms with van der Waals surface area (Å²) >= 11 is 0. The first-order valence-corrected chi connectivity index (χ1v) is 29.8. The topological polar surface area (TPSA) is 295 Å². The Morgan fingerprint density at radius 3 is 0.418 bits per heavy atom. The first-order valence-electron chi connectivity index (χ1n) is 29.8. The van der Waals surface area contributed by atoms with E-state index in [1.165, 1.54) is 36.4 Å². The predicted octanol–water partition coefficient (Wildman–Crippen LogP) is 15.4. The molecule has 0 fully saturated rings. The van der Waals surface area contributed by atoms with Gasteiger partial charge in [-0.3, -0.25) is 0 Å². The van der Waals surface area contributed by atoms with Crippen molar-refractivity contribution < 1.29 is 140 Å². The minimum atomic E-state index is -0.0749. The molecule has 18 rings (SSSR count). The molecule has 6 heterocycles. The number of nitrogens with zero attached hydrogens (tertiary/aromatic N) is 6. The third kappa shape index (κ3) is 16.1. The molecule has 0 aliphatic carbocycles. The molecule has 0 radical (unpaired) electrons. The Bertz CT molecular complexity index is 4570. The van der Waals surface area contributed by atoms with E-state index in [-0.39, 0.29) is 117 Å². The van der Waals surface area contributed by atoms with Gasteiger partial charge in [0.15, 0.2) is 33.5 Å². The Morgan fingerprint density at radius 1 is 0.163 bits per heavy atom. The monoisotopic (exact) mass is 1540 g/mol. The number of benzene rings is 12. The fraction of sp³-hybridized carbons (Fsp3) is 0. The molecule has 0 saturated carbocycles. The quantitative estimate of drug-likeness (QED) is 0.149. The number of para-hydroxylation sites is 18. The zero-order valence-corrected chi connectivity index (χ0v) is 58.9. The summed E-state index contributed by atoms with van der Waals surface area (Å²) in [6, 6.07) is 85.0. The average Bonchev–Trinajstić information content (AvgIpc) is 1.73. The van der Waals surface area contributed by atoms with Crippen molar-refractivity contribution in [2.75, 3.05) is 0 Å². The van der Waals surface area contributed by atoms with Crippen molar-refractivity contribution in [1.82, 2.24) is 29.9 Å². The number of hydrogen-bond donors (Lipinski definition) is 0. The van der Waals surface area contributed by atoms with Gasteiger partial charge in [-0.2, -0.15) is 0 Å².